The third kappa shape index (κ3) is 4.16. The number of thioether (sulfide) groups is 1. The van der Waals surface area contributed by atoms with Gasteiger partial charge >= 0.3 is 0 Å². The normalized spacial score (nSPS) is 17.1. The number of benzene rings is 2. The number of hydrogen-bond acceptors (Lipinski definition) is 4. The molecule has 0 bridgehead atoms. The number of hydrogen-bond donors (Lipinski definition) is 2. The highest BCUT2D eigenvalue weighted by Gasteiger charge is 2.23. The Morgan fingerprint density at radius 3 is 2.80 bits per heavy atom. The molecule has 2 aliphatic rings. The number of aromatic nitrogens is 2. The molecule has 0 spiro atoms. The lowest BCUT2D eigenvalue weighted by Gasteiger charge is -2.32. The Morgan fingerprint density at radius 2 is 1.97 bits per heavy atom. The van der Waals surface area contributed by atoms with Crippen LogP contribution in [-0.4, -0.2) is 47.2 Å². The van der Waals surface area contributed by atoms with Crippen LogP contribution >= 0.6 is 11.8 Å². The minimum atomic E-state index is 0.0174. The maximum atomic E-state index is 12.8. The molecule has 0 aliphatic carbocycles. The minimum absolute atomic E-state index is 0.0174. The predicted molar refractivity (Wildman–Crippen MR) is 122 cm³/mol. The molecule has 1 saturated heterocycles. The van der Waals surface area contributed by atoms with Gasteiger partial charge in [-0.25, -0.2) is 0 Å². The smallest absolute Gasteiger partial charge is 0.258 e. The Hall–Kier alpha value is -2.57. The second-order valence-corrected chi connectivity index (χ2v) is 9.21. The quantitative estimate of drug-likeness (QED) is 0.633. The van der Waals surface area contributed by atoms with Crippen molar-refractivity contribution >= 4 is 34.6 Å². The van der Waals surface area contributed by atoms with Crippen LogP contribution < -0.4 is 5.32 Å². The summed E-state index contributed by atoms with van der Waals surface area (Å²) in [5.41, 5.74) is 3.28. The molecule has 5 nitrogen and oxygen atoms in total. The fourth-order valence-electron chi connectivity index (χ4n) is 4.31. The zero-order valence-corrected chi connectivity index (χ0v) is 17.8. The first-order chi connectivity index (χ1) is 14.8. The van der Waals surface area contributed by atoms with Crippen molar-refractivity contribution in [1.82, 2.24) is 20.4 Å². The van der Waals surface area contributed by atoms with E-state index in [0.29, 0.717) is 5.92 Å². The summed E-state index contributed by atoms with van der Waals surface area (Å²) in [5, 5.41) is 11.7. The van der Waals surface area contributed by atoms with E-state index < -0.39 is 0 Å². The molecule has 3 heterocycles. The molecule has 2 N–H and O–H groups in total. The summed E-state index contributed by atoms with van der Waals surface area (Å²) >= 11 is 1.53. The van der Waals surface area contributed by atoms with E-state index in [1.807, 2.05) is 18.2 Å². The number of H-pyrrole nitrogens is 1. The largest absolute Gasteiger partial charge is 0.351 e. The molecule has 1 fully saturated rings. The second-order valence-electron chi connectivity index (χ2n) is 8.13. The number of piperidine rings is 1. The zero-order chi connectivity index (χ0) is 20.3. The van der Waals surface area contributed by atoms with Crippen LogP contribution in [0.4, 0.5) is 0 Å². The lowest BCUT2D eigenvalue weighted by Crippen LogP contribution is -2.39. The van der Waals surface area contributed by atoms with Gasteiger partial charge in [0.25, 0.3) is 5.91 Å². The van der Waals surface area contributed by atoms with Gasteiger partial charge in [0.1, 0.15) is 0 Å². The molecule has 0 atom stereocenters. The topological polar surface area (TPSA) is 61.0 Å². The first-order valence-corrected chi connectivity index (χ1v) is 11.5. The van der Waals surface area contributed by atoms with Crippen molar-refractivity contribution in [2.24, 2.45) is 5.92 Å². The molecular formula is C24H26N4OS. The van der Waals surface area contributed by atoms with Gasteiger partial charge in [-0.05, 0) is 62.0 Å². The number of nitrogens with one attached hydrogen (secondary N) is 2. The molecule has 5 rings (SSSR count). The lowest BCUT2D eigenvalue weighted by atomic mass is 9.96. The molecule has 154 valence electrons. The molecule has 0 saturated carbocycles. The highest BCUT2D eigenvalue weighted by molar-refractivity contribution is 8.04. The molecular weight excluding hydrogens is 392 g/mol. The van der Waals surface area contributed by atoms with Crippen molar-refractivity contribution in [3.05, 3.63) is 64.7 Å². The molecule has 2 aliphatic heterocycles. The molecule has 3 aromatic rings. The third-order valence-corrected chi connectivity index (χ3v) is 7.19. The molecule has 0 radical (unpaired) electrons. The van der Waals surface area contributed by atoms with E-state index in [0.717, 1.165) is 71.8 Å². The highest BCUT2D eigenvalue weighted by Crippen LogP contribution is 2.39. The standard InChI is InChI=1S/C24H26N4OS/c29-24(22-15-20-23-19(26-27-20)7-4-8-21(23)30-22)25-16-18-10-13-28(14-11-18)12-9-17-5-2-1-3-6-17/h1-8,15,18H,9-14,16H2,(H,25,29)(H,26,27). The SMILES string of the molecule is O=C(NCC1CCN(CCc2ccccc2)CC1)C1=Cc2[nH]nc3cccc(c23)S1. The van der Waals surface area contributed by atoms with Crippen molar-refractivity contribution in [2.45, 2.75) is 24.2 Å². The number of carbonyl (C=O) groups excluding carboxylic acids is 1. The fourth-order valence-corrected chi connectivity index (χ4v) is 5.35. The van der Waals surface area contributed by atoms with E-state index in [2.05, 4.69) is 56.8 Å². The average Bonchev–Trinajstić information content (AvgIpc) is 3.22. The summed E-state index contributed by atoms with van der Waals surface area (Å²) in [4.78, 5) is 17.1. The van der Waals surface area contributed by atoms with Gasteiger partial charge in [-0.2, -0.15) is 5.10 Å². The Kier molecular flexibility index (Phi) is 5.60. The van der Waals surface area contributed by atoms with Crippen LogP contribution in [-0.2, 0) is 11.2 Å². The minimum Gasteiger partial charge on any atom is -0.351 e. The molecule has 30 heavy (non-hydrogen) atoms. The van der Waals surface area contributed by atoms with E-state index in [-0.39, 0.29) is 5.91 Å². The third-order valence-electron chi connectivity index (χ3n) is 6.11. The van der Waals surface area contributed by atoms with E-state index >= 15 is 0 Å². The molecule has 1 amide bonds. The van der Waals surface area contributed by atoms with Crippen molar-refractivity contribution in [3.63, 3.8) is 0 Å². The van der Waals surface area contributed by atoms with Crippen molar-refractivity contribution < 1.29 is 4.79 Å². The summed E-state index contributed by atoms with van der Waals surface area (Å²) in [7, 11) is 0. The van der Waals surface area contributed by atoms with Gasteiger partial charge < -0.3 is 10.2 Å². The number of carbonyl (C=O) groups is 1. The van der Waals surface area contributed by atoms with Gasteiger partial charge in [0.2, 0.25) is 0 Å². The van der Waals surface area contributed by atoms with Gasteiger partial charge in [0.15, 0.2) is 0 Å². The summed E-state index contributed by atoms with van der Waals surface area (Å²) in [5.74, 6) is 0.575. The number of nitrogens with zero attached hydrogens (tertiary/aromatic N) is 2. The maximum Gasteiger partial charge on any atom is 0.258 e. The highest BCUT2D eigenvalue weighted by atomic mass is 32.2. The number of likely N-dealkylation sites (tertiary alicyclic amines) is 1. The Bertz CT molecular complexity index is 1070. The van der Waals surface area contributed by atoms with Gasteiger partial charge in [0.05, 0.1) is 16.1 Å². The Balaban J connectivity index is 1.10. The molecule has 0 unspecified atom stereocenters. The summed E-state index contributed by atoms with van der Waals surface area (Å²) in [6.07, 6.45) is 5.32. The van der Waals surface area contributed by atoms with Crippen LogP contribution in [0.25, 0.3) is 17.0 Å². The zero-order valence-electron chi connectivity index (χ0n) is 16.9. The van der Waals surface area contributed by atoms with Crippen LogP contribution in [0, 0.1) is 5.92 Å². The van der Waals surface area contributed by atoms with E-state index in [1.165, 1.54) is 17.3 Å². The fraction of sp³-hybridized carbons (Fsp3) is 0.333. The average molecular weight is 419 g/mol. The first kappa shape index (κ1) is 19.4. The van der Waals surface area contributed by atoms with Crippen LogP contribution in [0.15, 0.2) is 58.3 Å². The number of aromatic amines is 1. The van der Waals surface area contributed by atoms with E-state index in [4.69, 9.17) is 0 Å². The maximum absolute atomic E-state index is 12.8. The molecule has 1 aromatic heterocycles. The van der Waals surface area contributed by atoms with E-state index in [1.54, 1.807) is 0 Å². The van der Waals surface area contributed by atoms with Crippen LogP contribution in [0.5, 0.6) is 0 Å². The van der Waals surface area contributed by atoms with Gasteiger partial charge in [-0.1, -0.05) is 48.2 Å². The number of rotatable bonds is 6. The van der Waals surface area contributed by atoms with Crippen LogP contribution in [0.1, 0.15) is 24.1 Å². The Morgan fingerprint density at radius 1 is 1.13 bits per heavy atom. The summed E-state index contributed by atoms with van der Waals surface area (Å²) < 4.78 is 0. The van der Waals surface area contributed by atoms with Crippen LogP contribution in [0.3, 0.4) is 0 Å². The van der Waals surface area contributed by atoms with Gasteiger partial charge in [-0.15, -0.1) is 0 Å². The van der Waals surface area contributed by atoms with Gasteiger partial charge in [0, 0.05) is 23.4 Å². The lowest BCUT2D eigenvalue weighted by molar-refractivity contribution is -0.117. The molecule has 6 heteroatoms. The van der Waals surface area contributed by atoms with Gasteiger partial charge in [-0.3, -0.25) is 9.89 Å². The number of amides is 1. The summed E-state index contributed by atoms with van der Waals surface area (Å²) in [6.45, 7) is 4.10. The van der Waals surface area contributed by atoms with Crippen LogP contribution in [0.2, 0.25) is 0 Å². The molecule has 2 aromatic carbocycles. The second kappa shape index (κ2) is 8.66. The first-order valence-electron chi connectivity index (χ1n) is 10.7. The van der Waals surface area contributed by atoms with Crippen molar-refractivity contribution in [3.8, 4) is 0 Å². The van der Waals surface area contributed by atoms with E-state index in [9.17, 15) is 4.79 Å². The summed E-state index contributed by atoms with van der Waals surface area (Å²) in [6, 6.07) is 16.7. The van der Waals surface area contributed by atoms with Crippen molar-refractivity contribution in [2.75, 3.05) is 26.2 Å². The van der Waals surface area contributed by atoms with Crippen molar-refractivity contribution in [1.29, 1.82) is 0 Å². The Labute approximate surface area is 180 Å². The predicted octanol–water partition coefficient (Wildman–Crippen LogP) is 4.08. The monoisotopic (exact) mass is 418 g/mol.